The molecule has 2 aromatic rings. The Labute approximate surface area is 147 Å². The summed E-state index contributed by atoms with van der Waals surface area (Å²) in [5.41, 5.74) is 2.94. The number of rotatable bonds is 6. The molecule has 1 fully saturated rings. The SMILES string of the molecule is O=C(OCc1ccccc1)[C@@H](O)Cc1ccc(N2CCOCC2)cc1. The number of esters is 1. The van der Waals surface area contributed by atoms with Crippen LogP contribution >= 0.6 is 0 Å². The molecule has 0 radical (unpaired) electrons. The number of nitrogens with zero attached hydrogens (tertiary/aromatic N) is 1. The Morgan fingerprint density at radius 2 is 1.72 bits per heavy atom. The second-order valence-electron chi connectivity index (χ2n) is 6.08. The summed E-state index contributed by atoms with van der Waals surface area (Å²) >= 11 is 0. The first-order valence-corrected chi connectivity index (χ1v) is 8.52. The zero-order valence-corrected chi connectivity index (χ0v) is 14.1. The Morgan fingerprint density at radius 1 is 1.04 bits per heavy atom. The van der Waals surface area contributed by atoms with E-state index in [0.717, 1.165) is 43.1 Å². The van der Waals surface area contributed by atoms with Gasteiger partial charge in [0, 0.05) is 25.2 Å². The highest BCUT2D eigenvalue weighted by atomic mass is 16.5. The predicted molar refractivity (Wildman–Crippen MR) is 95.4 cm³/mol. The van der Waals surface area contributed by atoms with Crippen molar-refractivity contribution in [1.29, 1.82) is 0 Å². The van der Waals surface area contributed by atoms with Crippen molar-refractivity contribution in [3.8, 4) is 0 Å². The summed E-state index contributed by atoms with van der Waals surface area (Å²) in [7, 11) is 0. The number of aliphatic hydroxyl groups excluding tert-OH is 1. The van der Waals surface area contributed by atoms with Gasteiger partial charge in [-0.25, -0.2) is 4.79 Å². The Balaban J connectivity index is 1.49. The zero-order chi connectivity index (χ0) is 17.5. The van der Waals surface area contributed by atoms with E-state index in [1.54, 1.807) is 0 Å². The summed E-state index contributed by atoms with van der Waals surface area (Å²) in [6, 6.07) is 17.3. The zero-order valence-electron chi connectivity index (χ0n) is 14.1. The second-order valence-corrected chi connectivity index (χ2v) is 6.08. The Morgan fingerprint density at radius 3 is 2.40 bits per heavy atom. The van der Waals surface area contributed by atoms with Crippen LogP contribution in [0.4, 0.5) is 5.69 Å². The standard InChI is InChI=1S/C20H23NO4/c22-19(20(23)25-15-17-4-2-1-3-5-17)14-16-6-8-18(9-7-16)21-10-12-24-13-11-21/h1-9,19,22H,10-15H2/t19-/m0/s1. The van der Waals surface area contributed by atoms with Gasteiger partial charge in [-0.05, 0) is 23.3 Å². The van der Waals surface area contributed by atoms with Crippen LogP contribution in [0, 0.1) is 0 Å². The van der Waals surface area contributed by atoms with Crippen molar-refractivity contribution in [2.75, 3.05) is 31.2 Å². The molecule has 0 aromatic heterocycles. The quantitative estimate of drug-likeness (QED) is 0.816. The van der Waals surface area contributed by atoms with E-state index in [0.29, 0.717) is 0 Å². The lowest BCUT2D eigenvalue weighted by molar-refractivity contribution is -0.154. The van der Waals surface area contributed by atoms with Crippen molar-refractivity contribution in [2.24, 2.45) is 0 Å². The van der Waals surface area contributed by atoms with E-state index in [1.807, 2.05) is 54.6 Å². The van der Waals surface area contributed by atoms with Gasteiger partial charge in [0.25, 0.3) is 0 Å². The number of carbonyl (C=O) groups excluding carboxylic acids is 1. The molecule has 1 atom stereocenters. The van der Waals surface area contributed by atoms with Crippen molar-refractivity contribution in [1.82, 2.24) is 0 Å². The van der Waals surface area contributed by atoms with Crippen LogP contribution in [0.5, 0.6) is 0 Å². The van der Waals surface area contributed by atoms with E-state index in [9.17, 15) is 9.90 Å². The molecule has 1 aliphatic rings. The van der Waals surface area contributed by atoms with E-state index < -0.39 is 12.1 Å². The monoisotopic (exact) mass is 341 g/mol. The van der Waals surface area contributed by atoms with Gasteiger partial charge in [0.05, 0.1) is 13.2 Å². The third-order valence-electron chi connectivity index (χ3n) is 4.24. The number of benzene rings is 2. The molecule has 0 aliphatic carbocycles. The van der Waals surface area contributed by atoms with Crippen LogP contribution in [0.15, 0.2) is 54.6 Å². The van der Waals surface area contributed by atoms with Gasteiger partial charge in [0.15, 0.2) is 6.10 Å². The molecular weight excluding hydrogens is 318 g/mol. The maximum Gasteiger partial charge on any atom is 0.335 e. The van der Waals surface area contributed by atoms with Crippen LogP contribution in [0.2, 0.25) is 0 Å². The lowest BCUT2D eigenvalue weighted by atomic mass is 10.1. The largest absolute Gasteiger partial charge is 0.459 e. The molecule has 0 saturated carbocycles. The van der Waals surface area contributed by atoms with E-state index in [-0.39, 0.29) is 13.0 Å². The van der Waals surface area contributed by atoms with Gasteiger partial charge >= 0.3 is 5.97 Å². The molecule has 0 amide bonds. The maximum absolute atomic E-state index is 11.9. The number of anilines is 1. The third kappa shape index (κ3) is 5.05. The van der Waals surface area contributed by atoms with Crippen LogP contribution in [0.25, 0.3) is 0 Å². The molecule has 5 nitrogen and oxygen atoms in total. The molecule has 0 bridgehead atoms. The van der Waals surface area contributed by atoms with Crippen LogP contribution in [0.1, 0.15) is 11.1 Å². The van der Waals surface area contributed by atoms with Crippen molar-refractivity contribution in [3.05, 3.63) is 65.7 Å². The van der Waals surface area contributed by atoms with E-state index >= 15 is 0 Å². The fourth-order valence-electron chi connectivity index (χ4n) is 2.80. The molecule has 0 unspecified atom stereocenters. The first-order chi connectivity index (χ1) is 12.2. The fraction of sp³-hybridized carbons (Fsp3) is 0.350. The highest BCUT2D eigenvalue weighted by molar-refractivity contribution is 5.74. The van der Waals surface area contributed by atoms with Gasteiger partial charge < -0.3 is 19.5 Å². The second kappa shape index (κ2) is 8.65. The van der Waals surface area contributed by atoms with Crippen LogP contribution in [0.3, 0.4) is 0 Å². The summed E-state index contributed by atoms with van der Waals surface area (Å²) in [5.74, 6) is -0.596. The van der Waals surface area contributed by atoms with Gasteiger partial charge in [0.2, 0.25) is 0 Å². The number of hydrogen-bond acceptors (Lipinski definition) is 5. The van der Waals surface area contributed by atoms with E-state index in [2.05, 4.69) is 4.90 Å². The fourth-order valence-corrected chi connectivity index (χ4v) is 2.80. The Bertz CT molecular complexity index is 666. The number of carbonyl (C=O) groups is 1. The van der Waals surface area contributed by atoms with Gasteiger partial charge in [-0.2, -0.15) is 0 Å². The summed E-state index contributed by atoms with van der Waals surface area (Å²) < 4.78 is 10.5. The topological polar surface area (TPSA) is 59.0 Å². The molecular formula is C20H23NO4. The van der Waals surface area contributed by atoms with Crippen molar-refractivity contribution < 1.29 is 19.4 Å². The van der Waals surface area contributed by atoms with Crippen molar-refractivity contribution in [2.45, 2.75) is 19.1 Å². The molecule has 1 N–H and O–H groups in total. The molecule has 5 heteroatoms. The molecule has 3 rings (SSSR count). The van der Waals surface area contributed by atoms with E-state index in [4.69, 9.17) is 9.47 Å². The lowest BCUT2D eigenvalue weighted by Gasteiger charge is -2.29. The van der Waals surface area contributed by atoms with Crippen LogP contribution in [-0.2, 0) is 27.3 Å². The minimum absolute atomic E-state index is 0.173. The molecule has 2 aromatic carbocycles. The average Bonchev–Trinajstić information content (AvgIpc) is 2.68. The molecule has 1 saturated heterocycles. The highest BCUT2D eigenvalue weighted by Crippen LogP contribution is 2.17. The predicted octanol–water partition coefficient (Wildman–Crippen LogP) is 2.17. The highest BCUT2D eigenvalue weighted by Gasteiger charge is 2.18. The number of morpholine rings is 1. The van der Waals surface area contributed by atoms with Gasteiger partial charge in [-0.1, -0.05) is 42.5 Å². The molecule has 1 aliphatic heterocycles. The maximum atomic E-state index is 11.9. The van der Waals surface area contributed by atoms with Gasteiger partial charge in [-0.3, -0.25) is 0 Å². The molecule has 132 valence electrons. The summed E-state index contributed by atoms with van der Waals surface area (Å²) in [4.78, 5) is 14.2. The van der Waals surface area contributed by atoms with Gasteiger partial charge in [0.1, 0.15) is 6.61 Å². The summed E-state index contributed by atoms with van der Waals surface area (Å²) in [6.07, 6.45) is -0.908. The smallest absolute Gasteiger partial charge is 0.335 e. The van der Waals surface area contributed by atoms with E-state index in [1.165, 1.54) is 0 Å². The lowest BCUT2D eigenvalue weighted by Crippen LogP contribution is -2.36. The normalized spacial score (nSPS) is 15.6. The number of aliphatic hydroxyl groups is 1. The third-order valence-corrected chi connectivity index (χ3v) is 4.24. The first-order valence-electron chi connectivity index (χ1n) is 8.52. The first kappa shape index (κ1) is 17.5. The molecule has 1 heterocycles. The minimum Gasteiger partial charge on any atom is -0.459 e. The average molecular weight is 341 g/mol. The molecule has 25 heavy (non-hydrogen) atoms. The van der Waals surface area contributed by atoms with Crippen LogP contribution in [-0.4, -0.2) is 43.5 Å². The van der Waals surface area contributed by atoms with Gasteiger partial charge in [-0.15, -0.1) is 0 Å². The Hall–Kier alpha value is -2.37. The van der Waals surface area contributed by atoms with Crippen molar-refractivity contribution in [3.63, 3.8) is 0 Å². The summed E-state index contributed by atoms with van der Waals surface area (Å²) in [5, 5.41) is 10.1. The number of ether oxygens (including phenoxy) is 2. The Kier molecular flexibility index (Phi) is 6.04. The summed E-state index contributed by atoms with van der Waals surface area (Å²) in [6.45, 7) is 3.43. The number of hydrogen-bond donors (Lipinski definition) is 1. The van der Waals surface area contributed by atoms with Crippen LogP contribution < -0.4 is 4.90 Å². The molecule has 0 spiro atoms. The minimum atomic E-state index is -1.15. The van der Waals surface area contributed by atoms with Crippen molar-refractivity contribution >= 4 is 11.7 Å².